The van der Waals surface area contributed by atoms with Crippen LogP contribution in [0.25, 0.3) is 0 Å². The van der Waals surface area contributed by atoms with Crippen LogP contribution >= 0.6 is 0 Å². The zero-order valence-corrected chi connectivity index (χ0v) is 13.2. The highest BCUT2D eigenvalue weighted by atomic mass is 19.1. The molecule has 1 aromatic rings. The molecule has 1 N–H and O–H groups in total. The zero-order valence-electron chi connectivity index (χ0n) is 13.2. The van der Waals surface area contributed by atoms with E-state index < -0.39 is 0 Å². The highest BCUT2D eigenvalue weighted by Crippen LogP contribution is 2.40. The molecule has 1 aliphatic carbocycles. The summed E-state index contributed by atoms with van der Waals surface area (Å²) >= 11 is 0. The van der Waals surface area contributed by atoms with Crippen molar-refractivity contribution in [3.63, 3.8) is 0 Å². The van der Waals surface area contributed by atoms with Crippen LogP contribution in [0.15, 0.2) is 18.2 Å². The second-order valence-electron chi connectivity index (χ2n) is 6.56. The fourth-order valence-corrected chi connectivity index (χ4v) is 3.59. The van der Waals surface area contributed by atoms with Crippen molar-refractivity contribution in [2.75, 3.05) is 6.54 Å². The molecule has 112 valence electrons. The van der Waals surface area contributed by atoms with Gasteiger partial charge in [0.15, 0.2) is 0 Å². The molecule has 1 fully saturated rings. The summed E-state index contributed by atoms with van der Waals surface area (Å²) in [4.78, 5) is 0. The quantitative estimate of drug-likeness (QED) is 0.829. The SMILES string of the molecule is CCNC(c1cc(F)ccc1C)C1CCC(C)C(C)C1. The molecule has 2 heteroatoms. The maximum atomic E-state index is 13.6. The highest BCUT2D eigenvalue weighted by molar-refractivity contribution is 5.30. The van der Waals surface area contributed by atoms with E-state index in [1.165, 1.54) is 24.8 Å². The first-order chi connectivity index (χ1) is 9.52. The fraction of sp³-hybridized carbons (Fsp3) is 0.667. The van der Waals surface area contributed by atoms with E-state index >= 15 is 0 Å². The van der Waals surface area contributed by atoms with Crippen LogP contribution in [0.5, 0.6) is 0 Å². The molecule has 0 aliphatic heterocycles. The lowest BCUT2D eigenvalue weighted by atomic mass is 9.71. The second-order valence-corrected chi connectivity index (χ2v) is 6.56. The van der Waals surface area contributed by atoms with Gasteiger partial charge in [-0.25, -0.2) is 4.39 Å². The Hall–Kier alpha value is -0.890. The van der Waals surface area contributed by atoms with E-state index in [0.717, 1.165) is 23.9 Å². The smallest absolute Gasteiger partial charge is 0.123 e. The van der Waals surface area contributed by atoms with E-state index in [9.17, 15) is 4.39 Å². The predicted octanol–water partition coefficient (Wildman–Crippen LogP) is 4.86. The Morgan fingerprint density at radius 2 is 2.00 bits per heavy atom. The van der Waals surface area contributed by atoms with Gasteiger partial charge in [-0.3, -0.25) is 0 Å². The van der Waals surface area contributed by atoms with Crippen LogP contribution in [0, 0.1) is 30.5 Å². The first kappa shape index (κ1) is 15.5. The van der Waals surface area contributed by atoms with Crippen molar-refractivity contribution in [3.8, 4) is 0 Å². The van der Waals surface area contributed by atoms with Crippen LogP contribution < -0.4 is 5.32 Å². The normalized spacial score (nSPS) is 28.4. The molecule has 0 aromatic heterocycles. The third-order valence-electron chi connectivity index (χ3n) is 5.11. The number of aryl methyl sites for hydroxylation is 1. The maximum Gasteiger partial charge on any atom is 0.123 e. The van der Waals surface area contributed by atoms with Gasteiger partial charge in [0.25, 0.3) is 0 Å². The Morgan fingerprint density at radius 3 is 2.65 bits per heavy atom. The summed E-state index contributed by atoms with van der Waals surface area (Å²) in [5.74, 6) is 2.10. The minimum absolute atomic E-state index is 0.120. The van der Waals surface area contributed by atoms with Gasteiger partial charge in [-0.1, -0.05) is 33.3 Å². The van der Waals surface area contributed by atoms with Crippen molar-refractivity contribution in [1.82, 2.24) is 5.32 Å². The van der Waals surface area contributed by atoms with Crippen LogP contribution in [0.2, 0.25) is 0 Å². The first-order valence-corrected chi connectivity index (χ1v) is 8.02. The largest absolute Gasteiger partial charge is 0.310 e. The summed E-state index contributed by atoms with van der Waals surface area (Å²) in [6.07, 6.45) is 3.79. The van der Waals surface area contributed by atoms with Crippen LogP contribution in [0.1, 0.15) is 57.2 Å². The standard InChI is InChI=1S/C18H28FN/c1-5-20-18(15-8-6-12(2)14(4)10-15)17-11-16(19)9-7-13(17)3/h7,9,11-12,14-15,18,20H,5-6,8,10H2,1-4H3. The van der Waals surface area contributed by atoms with Crippen molar-refractivity contribution in [1.29, 1.82) is 0 Å². The van der Waals surface area contributed by atoms with Gasteiger partial charge in [0.05, 0.1) is 0 Å². The Balaban J connectivity index is 2.24. The average Bonchev–Trinajstić information content (AvgIpc) is 2.42. The minimum atomic E-state index is -0.120. The number of hydrogen-bond acceptors (Lipinski definition) is 1. The summed E-state index contributed by atoms with van der Waals surface area (Å²) in [6.45, 7) is 9.88. The zero-order chi connectivity index (χ0) is 14.7. The Kier molecular flexibility index (Phi) is 5.20. The Labute approximate surface area is 123 Å². The van der Waals surface area contributed by atoms with Gasteiger partial charge >= 0.3 is 0 Å². The minimum Gasteiger partial charge on any atom is -0.310 e. The molecule has 0 amide bonds. The van der Waals surface area contributed by atoms with E-state index in [-0.39, 0.29) is 5.82 Å². The molecular formula is C18H28FN. The number of halogens is 1. The number of nitrogens with one attached hydrogen (secondary N) is 1. The Bertz CT molecular complexity index is 443. The van der Waals surface area contributed by atoms with Crippen molar-refractivity contribution in [2.45, 2.75) is 53.0 Å². The molecule has 0 saturated heterocycles. The molecule has 0 spiro atoms. The molecule has 20 heavy (non-hydrogen) atoms. The van der Waals surface area contributed by atoms with Crippen molar-refractivity contribution in [2.24, 2.45) is 17.8 Å². The van der Waals surface area contributed by atoms with Gasteiger partial charge in [0, 0.05) is 6.04 Å². The molecule has 2 rings (SSSR count). The summed E-state index contributed by atoms with van der Waals surface area (Å²) in [6, 6.07) is 5.49. The highest BCUT2D eigenvalue weighted by Gasteiger charge is 2.31. The van der Waals surface area contributed by atoms with Gasteiger partial charge in [0.2, 0.25) is 0 Å². The van der Waals surface area contributed by atoms with Gasteiger partial charge < -0.3 is 5.32 Å². The van der Waals surface area contributed by atoms with E-state index in [1.54, 1.807) is 12.1 Å². The lowest BCUT2D eigenvalue weighted by molar-refractivity contribution is 0.171. The number of rotatable bonds is 4. The molecule has 1 nitrogen and oxygen atoms in total. The molecular weight excluding hydrogens is 249 g/mol. The molecule has 4 atom stereocenters. The first-order valence-electron chi connectivity index (χ1n) is 8.02. The molecule has 0 heterocycles. The van der Waals surface area contributed by atoms with Gasteiger partial charge in [-0.05, 0) is 67.3 Å². The molecule has 1 saturated carbocycles. The van der Waals surface area contributed by atoms with E-state index in [2.05, 4.69) is 33.0 Å². The van der Waals surface area contributed by atoms with Crippen molar-refractivity contribution in [3.05, 3.63) is 35.1 Å². The summed E-state index contributed by atoms with van der Waals surface area (Å²) in [5, 5.41) is 3.61. The second kappa shape index (κ2) is 6.71. The number of hydrogen-bond donors (Lipinski definition) is 1. The van der Waals surface area contributed by atoms with Crippen LogP contribution in [-0.4, -0.2) is 6.54 Å². The van der Waals surface area contributed by atoms with Crippen molar-refractivity contribution >= 4 is 0 Å². The third-order valence-corrected chi connectivity index (χ3v) is 5.11. The fourth-order valence-electron chi connectivity index (χ4n) is 3.59. The third kappa shape index (κ3) is 3.41. The molecule has 1 aliphatic rings. The number of benzene rings is 1. The lowest BCUT2D eigenvalue weighted by Gasteiger charge is -2.37. The maximum absolute atomic E-state index is 13.6. The lowest BCUT2D eigenvalue weighted by Crippen LogP contribution is -2.33. The molecule has 0 radical (unpaired) electrons. The molecule has 1 aromatic carbocycles. The predicted molar refractivity (Wildman–Crippen MR) is 83.2 cm³/mol. The molecule has 4 unspecified atom stereocenters. The van der Waals surface area contributed by atoms with E-state index in [4.69, 9.17) is 0 Å². The molecule has 0 bridgehead atoms. The van der Waals surface area contributed by atoms with Gasteiger partial charge in [0.1, 0.15) is 5.82 Å². The monoisotopic (exact) mass is 277 g/mol. The Morgan fingerprint density at radius 1 is 1.25 bits per heavy atom. The van der Waals surface area contributed by atoms with Gasteiger partial charge in [-0.2, -0.15) is 0 Å². The van der Waals surface area contributed by atoms with E-state index in [0.29, 0.717) is 12.0 Å². The summed E-state index contributed by atoms with van der Waals surface area (Å²) < 4.78 is 13.6. The van der Waals surface area contributed by atoms with E-state index in [1.807, 2.05) is 6.07 Å². The van der Waals surface area contributed by atoms with Crippen LogP contribution in [0.3, 0.4) is 0 Å². The van der Waals surface area contributed by atoms with Crippen LogP contribution in [-0.2, 0) is 0 Å². The summed E-state index contributed by atoms with van der Waals surface area (Å²) in [7, 11) is 0. The van der Waals surface area contributed by atoms with Gasteiger partial charge in [-0.15, -0.1) is 0 Å². The van der Waals surface area contributed by atoms with Crippen molar-refractivity contribution < 1.29 is 4.39 Å². The summed E-state index contributed by atoms with van der Waals surface area (Å²) in [5.41, 5.74) is 2.35. The average molecular weight is 277 g/mol. The topological polar surface area (TPSA) is 12.0 Å². The van der Waals surface area contributed by atoms with Crippen LogP contribution in [0.4, 0.5) is 4.39 Å².